The average Bonchev–Trinajstić information content (AvgIpc) is 2.38. The normalized spacial score (nSPS) is 25.1. The maximum Gasteiger partial charge on any atom is 0.416 e. The summed E-state index contributed by atoms with van der Waals surface area (Å²) in [5.41, 5.74) is 0.0262. The number of benzene rings is 1. The molecule has 18 heavy (non-hydrogen) atoms. The van der Waals surface area contributed by atoms with E-state index < -0.39 is 11.7 Å². The van der Waals surface area contributed by atoms with E-state index in [1.807, 2.05) is 0 Å². The molecule has 2 atom stereocenters. The summed E-state index contributed by atoms with van der Waals surface area (Å²) in [5.74, 6) is -0.0132. The third kappa shape index (κ3) is 2.84. The van der Waals surface area contributed by atoms with Crippen LogP contribution >= 0.6 is 0 Å². The van der Waals surface area contributed by atoms with Gasteiger partial charge in [0.15, 0.2) is 0 Å². The molecule has 1 aromatic carbocycles. The molecule has 2 N–H and O–H groups in total. The minimum Gasteiger partial charge on any atom is -0.396 e. The molecular formula is C13H16F3NO. The van der Waals surface area contributed by atoms with E-state index in [0.29, 0.717) is 12.1 Å². The lowest BCUT2D eigenvalue weighted by Gasteiger charge is -2.31. The molecule has 0 saturated carbocycles. The van der Waals surface area contributed by atoms with Crippen LogP contribution in [0, 0.1) is 5.92 Å². The van der Waals surface area contributed by atoms with Gasteiger partial charge in [-0.1, -0.05) is 18.2 Å². The lowest BCUT2D eigenvalue weighted by molar-refractivity contribution is -0.137. The molecule has 0 spiro atoms. The standard InChI is InChI=1S/C13H16F3NO/c14-13(15,16)11-3-1-2-9(6-11)12-7-17-5-4-10(12)8-18/h1-3,6,10,12,17-18H,4-5,7-8H2. The second-order valence-corrected chi connectivity index (χ2v) is 4.67. The molecule has 5 heteroatoms. The highest BCUT2D eigenvalue weighted by molar-refractivity contribution is 5.29. The Balaban J connectivity index is 2.27. The van der Waals surface area contributed by atoms with Crippen LogP contribution in [0.5, 0.6) is 0 Å². The molecule has 1 fully saturated rings. The maximum atomic E-state index is 12.6. The van der Waals surface area contributed by atoms with Gasteiger partial charge in [-0.15, -0.1) is 0 Å². The second-order valence-electron chi connectivity index (χ2n) is 4.67. The number of hydrogen-bond donors (Lipinski definition) is 2. The van der Waals surface area contributed by atoms with E-state index in [1.165, 1.54) is 12.1 Å². The van der Waals surface area contributed by atoms with Crippen LogP contribution in [0.2, 0.25) is 0 Å². The Morgan fingerprint density at radius 2 is 2.11 bits per heavy atom. The van der Waals surface area contributed by atoms with E-state index in [9.17, 15) is 18.3 Å². The Kier molecular flexibility index (Phi) is 3.92. The van der Waals surface area contributed by atoms with Gasteiger partial charge in [-0.25, -0.2) is 0 Å². The lowest BCUT2D eigenvalue weighted by atomic mass is 9.81. The first kappa shape index (κ1) is 13.4. The smallest absolute Gasteiger partial charge is 0.396 e. The molecule has 0 aliphatic carbocycles. The quantitative estimate of drug-likeness (QED) is 0.854. The van der Waals surface area contributed by atoms with Gasteiger partial charge in [0.25, 0.3) is 0 Å². The Morgan fingerprint density at radius 1 is 1.33 bits per heavy atom. The fraction of sp³-hybridized carbons (Fsp3) is 0.538. The largest absolute Gasteiger partial charge is 0.416 e. The number of piperidine rings is 1. The summed E-state index contributed by atoms with van der Waals surface area (Å²) in [6.07, 6.45) is -3.52. The monoisotopic (exact) mass is 259 g/mol. The number of halogens is 3. The Bertz CT molecular complexity index is 405. The van der Waals surface area contributed by atoms with Gasteiger partial charge >= 0.3 is 6.18 Å². The van der Waals surface area contributed by atoms with E-state index in [0.717, 1.165) is 19.0 Å². The fourth-order valence-corrected chi connectivity index (χ4v) is 2.47. The SMILES string of the molecule is OCC1CCNCC1c1cccc(C(F)(F)F)c1. The fourth-order valence-electron chi connectivity index (χ4n) is 2.47. The van der Waals surface area contributed by atoms with Crippen LogP contribution in [0.1, 0.15) is 23.5 Å². The molecule has 0 bridgehead atoms. The van der Waals surface area contributed by atoms with Crippen molar-refractivity contribution in [3.8, 4) is 0 Å². The van der Waals surface area contributed by atoms with E-state index >= 15 is 0 Å². The highest BCUT2D eigenvalue weighted by atomic mass is 19.4. The molecule has 0 radical (unpaired) electrons. The van der Waals surface area contributed by atoms with Gasteiger partial charge in [-0.2, -0.15) is 13.2 Å². The lowest BCUT2D eigenvalue weighted by Crippen LogP contribution is -2.36. The van der Waals surface area contributed by atoms with E-state index in [1.54, 1.807) is 6.07 Å². The highest BCUT2D eigenvalue weighted by Gasteiger charge is 2.32. The van der Waals surface area contributed by atoms with Gasteiger partial charge in [-0.3, -0.25) is 0 Å². The molecule has 100 valence electrons. The second kappa shape index (κ2) is 5.28. The number of nitrogens with one attached hydrogen (secondary N) is 1. The molecule has 2 rings (SSSR count). The first-order valence-corrected chi connectivity index (χ1v) is 6.01. The third-order valence-corrected chi connectivity index (χ3v) is 3.50. The predicted octanol–water partition coefficient (Wildman–Crippen LogP) is 2.39. The number of aliphatic hydroxyl groups excluding tert-OH is 1. The Labute approximate surface area is 104 Å². The van der Waals surface area contributed by atoms with Crippen molar-refractivity contribution in [1.29, 1.82) is 0 Å². The summed E-state index contributed by atoms with van der Waals surface area (Å²) < 4.78 is 37.9. The van der Waals surface area contributed by atoms with Crippen molar-refractivity contribution < 1.29 is 18.3 Å². The molecule has 2 nitrogen and oxygen atoms in total. The van der Waals surface area contributed by atoms with Crippen LogP contribution < -0.4 is 5.32 Å². The first-order valence-electron chi connectivity index (χ1n) is 6.01. The summed E-state index contributed by atoms with van der Waals surface area (Å²) in [7, 11) is 0. The molecule has 1 aliphatic heterocycles. The Morgan fingerprint density at radius 3 is 2.78 bits per heavy atom. The van der Waals surface area contributed by atoms with E-state index in [4.69, 9.17) is 0 Å². The summed E-state index contributed by atoms with van der Waals surface area (Å²) >= 11 is 0. The van der Waals surface area contributed by atoms with Gasteiger partial charge in [0.1, 0.15) is 0 Å². The molecule has 0 aromatic heterocycles. The van der Waals surface area contributed by atoms with Crippen LogP contribution in [0.15, 0.2) is 24.3 Å². The van der Waals surface area contributed by atoms with Crippen molar-refractivity contribution in [3.05, 3.63) is 35.4 Å². The average molecular weight is 259 g/mol. The number of rotatable bonds is 2. The molecular weight excluding hydrogens is 243 g/mol. The molecule has 2 unspecified atom stereocenters. The van der Waals surface area contributed by atoms with Gasteiger partial charge < -0.3 is 10.4 Å². The molecule has 1 aliphatic rings. The van der Waals surface area contributed by atoms with Crippen molar-refractivity contribution in [2.75, 3.05) is 19.7 Å². The first-order chi connectivity index (χ1) is 8.52. The number of alkyl halides is 3. The maximum absolute atomic E-state index is 12.6. The molecule has 0 amide bonds. The molecule has 1 saturated heterocycles. The van der Waals surface area contributed by atoms with Crippen molar-refractivity contribution in [3.63, 3.8) is 0 Å². The van der Waals surface area contributed by atoms with Gasteiger partial charge in [0, 0.05) is 19.1 Å². The van der Waals surface area contributed by atoms with Gasteiger partial charge in [0.2, 0.25) is 0 Å². The van der Waals surface area contributed by atoms with Crippen LogP contribution in [0.25, 0.3) is 0 Å². The zero-order valence-electron chi connectivity index (χ0n) is 9.87. The predicted molar refractivity (Wildman–Crippen MR) is 62.2 cm³/mol. The molecule has 1 aromatic rings. The van der Waals surface area contributed by atoms with Crippen molar-refractivity contribution in [2.24, 2.45) is 5.92 Å². The summed E-state index contributed by atoms with van der Waals surface area (Å²) in [6.45, 7) is 1.44. The minimum absolute atomic E-state index is 0.0165. The van der Waals surface area contributed by atoms with Crippen LogP contribution in [0.3, 0.4) is 0 Å². The van der Waals surface area contributed by atoms with E-state index in [2.05, 4.69) is 5.32 Å². The highest BCUT2D eigenvalue weighted by Crippen LogP contribution is 2.34. The number of hydrogen-bond acceptors (Lipinski definition) is 2. The summed E-state index contributed by atoms with van der Waals surface area (Å²) in [6, 6.07) is 5.41. The topological polar surface area (TPSA) is 32.3 Å². The third-order valence-electron chi connectivity index (χ3n) is 3.50. The molecule has 1 heterocycles. The number of aliphatic hydroxyl groups is 1. The van der Waals surface area contributed by atoms with Crippen molar-refractivity contribution in [2.45, 2.75) is 18.5 Å². The van der Waals surface area contributed by atoms with Gasteiger partial charge in [0.05, 0.1) is 5.56 Å². The zero-order valence-corrected chi connectivity index (χ0v) is 9.87. The van der Waals surface area contributed by atoms with Crippen molar-refractivity contribution >= 4 is 0 Å². The zero-order chi connectivity index (χ0) is 13.2. The van der Waals surface area contributed by atoms with E-state index in [-0.39, 0.29) is 18.4 Å². The van der Waals surface area contributed by atoms with Crippen LogP contribution in [-0.4, -0.2) is 24.8 Å². The van der Waals surface area contributed by atoms with Crippen molar-refractivity contribution in [1.82, 2.24) is 5.32 Å². The van der Waals surface area contributed by atoms with Gasteiger partial charge in [-0.05, 0) is 30.5 Å². The Hall–Kier alpha value is -1.07. The van der Waals surface area contributed by atoms with Crippen LogP contribution in [0.4, 0.5) is 13.2 Å². The summed E-state index contributed by atoms with van der Waals surface area (Å²) in [4.78, 5) is 0. The summed E-state index contributed by atoms with van der Waals surface area (Å²) in [5, 5.41) is 12.5. The van der Waals surface area contributed by atoms with Crippen LogP contribution in [-0.2, 0) is 6.18 Å². The minimum atomic E-state index is -4.31.